The van der Waals surface area contributed by atoms with E-state index in [9.17, 15) is 5.11 Å². The SMILES string of the molecule is CC(NCC1CCCCC1O)c1ccc(Cl)cc1. The Morgan fingerprint density at radius 1 is 1.28 bits per heavy atom. The Morgan fingerprint density at radius 3 is 2.61 bits per heavy atom. The standard InChI is InChI=1S/C15H22ClNO/c1-11(12-6-8-14(16)9-7-12)17-10-13-4-2-3-5-15(13)18/h6-9,11,13,15,17-18H,2-5,10H2,1H3. The van der Waals surface area contributed by atoms with Crippen LogP contribution in [0.15, 0.2) is 24.3 Å². The summed E-state index contributed by atoms with van der Waals surface area (Å²) in [5.74, 6) is 0.411. The van der Waals surface area contributed by atoms with Crippen molar-refractivity contribution in [1.29, 1.82) is 0 Å². The minimum Gasteiger partial charge on any atom is -0.393 e. The van der Waals surface area contributed by atoms with Crippen LogP contribution in [-0.4, -0.2) is 17.8 Å². The van der Waals surface area contributed by atoms with Crippen LogP contribution < -0.4 is 5.32 Å². The highest BCUT2D eigenvalue weighted by Crippen LogP contribution is 2.24. The zero-order valence-corrected chi connectivity index (χ0v) is 11.7. The molecule has 0 bridgehead atoms. The van der Waals surface area contributed by atoms with Gasteiger partial charge >= 0.3 is 0 Å². The smallest absolute Gasteiger partial charge is 0.0580 e. The maximum Gasteiger partial charge on any atom is 0.0580 e. The molecule has 0 radical (unpaired) electrons. The summed E-state index contributed by atoms with van der Waals surface area (Å²) in [5.41, 5.74) is 1.24. The Labute approximate surface area is 114 Å². The number of hydrogen-bond acceptors (Lipinski definition) is 2. The lowest BCUT2D eigenvalue weighted by atomic mass is 9.86. The van der Waals surface area contributed by atoms with Crippen LogP contribution in [0, 0.1) is 5.92 Å². The van der Waals surface area contributed by atoms with E-state index in [0.717, 1.165) is 24.4 Å². The van der Waals surface area contributed by atoms with Gasteiger partial charge in [0, 0.05) is 17.6 Å². The average Bonchev–Trinajstić information content (AvgIpc) is 2.38. The van der Waals surface area contributed by atoms with E-state index in [2.05, 4.69) is 24.4 Å². The van der Waals surface area contributed by atoms with Crippen molar-refractivity contribution in [2.24, 2.45) is 5.92 Å². The molecule has 3 heteroatoms. The number of rotatable bonds is 4. The van der Waals surface area contributed by atoms with Gasteiger partial charge in [0.1, 0.15) is 0 Å². The van der Waals surface area contributed by atoms with Gasteiger partial charge in [-0.3, -0.25) is 0 Å². The molecular formula is C15H22ClNO. The minimum absolute atomic E-state index is 0.122. The highest BCUT2D eigenvalue weighted by atomic mass is 35.5. The van der Waals surface area contributed by atoms with Crippen molar-refractivity contribution >= 4 is 11.6 Å². The molecule has 1 saturated carbocycles. The molecule has 0 aliphatic heterocycles. The molecule has 1 aromatic carbocycles. The van der Waals surface area contributed by atoms with E-state index in [1.54, 1.807) is 0 Å². The van der Waals surface area contributed by atoms with E-state index in [1.807, 2.05) is 12.1 Å². The van der Waals surface area contributed by atoms with Gasteiger partial charge in [-0.1, -0.05) is 36.6 Å². The highest BCUT2D eigenvalue weighted by molar-refractivity contribution is 6.30. The van der Waals surface area contributed by atoms with Gasteiger partial charge in [0.2, 0.25) is 0 Å². The highest BCUT2D eigenvalue weighted by Gasteiger charge is 2.23. The van der Waals surface area contributed by atoms with Crippen molar-refractivity contribution in [1.82, 2.24) is 5.32 Å². The van der Waals surface area contributed by atoms with Crippen LogP contribution in [0.3, 0.4) is 0 Å². The maximum atomic E-state index is 9.93. The second-order valence-electron chi connectivity index (χ2n) is 5.29. The number of benzene rings is 1. The minimum atomic E-state index is -0.122. The first-order valence-corrected chi connectivity index (χ1v) is 7.21. The summed E-state index contributed by atoms with van der Waals surface area (Å²) in [5, 5.41) is 14.2. The zero-order chi connectivity index (χ0) is 13.0. The molecule has 2 N–H and O–H groups in total. The van der Waals surface area contributed by atoms with Crippen LogP contribution in [0.4, 0.5) is 0 Å². The summed E-state index contributed by atoms with van der Waals surface area (Å²) >= 11 is 5.88. The normalized spacial score (nSPS) is 25.9. The van der Waals surface area contributed by atoms with Crippen molar-refractivity contribution in [3.8, 4) is 0 Å². The number of aliphatic hydroxyl groups is 1. The molecule has 3 atom stereocenters. The first-order valence-electron chi connectivity index (χ1n) is 6.83. The van der Waals surface area contributed by atoms with Gasteiger partial charge in [0.05, 0.1) is 6.10 Å². The molecule has 0 spiro atoms. The quantitative estimate of drug-likeness (QED) is 0.875. The third-order valence-electron chi connectivity index (χ3n) is 3.93. The number of aliphatic hydroxyl groups excluding tert-OH is 1. The van der Waals surface area contributed by atoms with Gasteiger partial charge in [0.25, 0.3) is 0 Å². The van der Waals surface area contributed by atoms with Crippen molar-refractivity contribution < 1.29 is 5.11 Å². The fraction of sp³-hybridized carbons (Fsp3) is 0.600. The number of halogens is 1. The van der Waals surface area contributed by atoms with E-state index >= 15 is 0 Å². The summed E-state index contributed by atoms with van der Waals surface area (Å²) in [6, 6.07) is 8.25. The number of hydrogen-bond donors (Lipinski definition) is 2. The van der Waals surface area contributed by atoms with Gasteiger partial charge in [0.15, 0.2) is 0 Å². The molecule has 0 saturated heterocycles. The zero-order valence-electron chi connectivity index (χ0n) is 10.9. The van der Waals surface area contributed by atoms with E-state index in [-0.39, 0.29) is 6.10 Å². The molecule has 3 unspecified atom stereocenters. The van der Waals surface area contributed by atoms with Crippen LogP contribution in [0.2, 0.25) is 5.02 Å². The summed E-state index contributed by atoms with van der Waals surface area (Å²) in [6.45, 7) is 3.05. The van der Waals surface area contributed by atoms with E-state index in [4.69, 9.17) is 11.6 Å². The fourth-order valence-corrected chi connectivity index (χ4v) is 2.75. The molecule has 18 heavy (non-hydrogen) atoms. The predicted octanol–water partition coefficient (Wildman–Crippen LogP) is 3.54. The second-order valence-corrected chi connectivity index (χ2v) is 5.73. The second kappa shape index (κ2) is 6.55. The average molecular weight is 268 g/mol. The third-order valence-corrected chi connectivity index (χ3v) is 4.18. The Balaban J connectivity index is 1.83. The lowest BCUT2D eigenvalue weighted by Gasteiger charge is -2.29. The van der Waals surface area contributed by atoms with Gasteiger partial charge in [-0.05, 0) is 43.4 Å². The molecule has 2 rings (SSSR count). The largest absolute Gasteiger partial charge is 0.393 e. The monoisotopic (exact) mass is 267 g/mol. The molecule has 1 fully saturated rings. The summed E-state index contributed by atoms with van der Waals surface area (Å²) in [4.78, 5) is 0. The van der Waals surface area contributed by atoms with Crippen molar-refractivity contribution in [3.63, 3.8) is 0 Å². The van der Waals surface area contributed by atoms with Crippen molar-refractivity contribution in [2.75, 3.05) is 6.54 Å². The van der Waals surface area contributed by atoms with Crippen LogP contribution >= 0.6 is 11.6 Å². The number of nitrogens with one attached hydrogen (secondary N) is 1. The Kier molecular flexibility index (Phi) is 5.04. The third kappa shape index (κ3) is 3.71. The predicted molar refractivity (Wildman–Crippen MR) is 75.8 cm³/mol. The molecule has 0 amide bonds. The lowest BCUT2D eigenvalue weighted by molar-refractivity contribution is 0.0684. The van der Waals surface area contributed by atoms with Crippen LogP contribution in [0.5, 0.6) is 0 Å². The summed E-state index contributed by atoms with van der Waals surface area (Å²) in [7, 11) is 0. The Hall–Kier alpha value is -0.570. The summed E-state index contributed by atoms with van der Waals surface area (Å²) in [6.07, 6.45) is 4.40. The molecule has 100 valence electrons. The van der Waals surface area contributed by atoms with Crippen LogP contribution in [-0.2, 0) is 0 Å². The molecule has 0 heterocycles. The van der Waals surface area contributed by atoms with Crippen LogP contribution in [0.1, 0.15) is 44.2 Å². The molecule has 1 aromatic rings. The van der Waals surface area contributed by atoms with Gasteiger partial charge in [-0.25, -0.2) is 0 Å². The fourth-order valence-electron chi connectivity index (χ4n) is 2.62. The summed E-state index contributed by atoms with van der Waals surface area (Å²) < 4.78 is 0. The van der Waals surface area contributed by atoms with Gasteiger partial charge in [-0.2, -0.15) is 0 Å². The van der Waals surface area contributed by atoms with Gasteiger partial charge in [-0.15, -0.1) is 0 Å². The van der Waals surface area contributed by atoms with E-state index in [0.29, 0.717) is 12.0 Å². The van der Waals surface area contributed by atoms with Gasteiger partial charge < -0.3 is 10.4 Å². The maximum absolute atomic E-state index is 9.93. The molecular weight excluding hydrogens is 246 g/mol. The first-order chi connectivity index (χ1) is 8.66. The van der Waals surface area contributed by atoms with Crippen LogP contribution in [0.25, 0.3) is 0 Å². The molecule has 2 nitrogen and oxygen atoms in total. The Bertz CT molecular complexity index is 365. The van der Waals surface area contributed by atoms with Crippen molar-refractivity contribution in [3.05, 3.63) is 34.9 Å². The topological polar surface area (TPSA) is 32.3 Å². The van der Waals surface area contributed by atoms with Crippen molar-refractivity contribution in [2.45, 2.75) is 44.8 Å². The lowest BCUT2D eigenvalue weighted by Crippen LogP contribution is -2.34. The Morgan fingerprint density at radius 2 is 1.94 bits per heavy atom. The van der Waals surface area contributed by atoms with E-state index in [1.165, 1.54) is 18.4 Å². The molecule has 1 aliphatic carbocycles. The van der Waals surface area contributed by atoms with E-state index < -0.39 is 0 Å². The molecule has 1 aliphatic rings. The first kappa shape index (κ1) is 13.9. The molecule has 0 aromatic heterocycles.